The van der Waals surface area contributed by atoms with Gasteiger partial charge in [0.2, 0.25) is 5.91 Å². The van der Waals surface area contributed by atoms with E-state index in [1.165, 1.54) is 25.9 Å². The van der Waals surface area contributed by atoms with Crippen molar-refractivity contribution in [3.63, 3.8) is 0 Å². The molecule has 0 unspecified atom stereocenters. The molecular formula is C17H32N2O. The Hall–Kier alpha value is -0.570. The maximum absolute atomic E-state index is 12.3. The monoisotopic (exact) mass is 280 g/mol. The molecule has 2 heterocycles. The zero-order valence-electron chi connectivity index (χ0n) is 13.8. The predicted octanol–water partition coefficient (Wildman–Crippen LogP) is 3.00. The predicted molar refractivity (Wildman–Crippen MR) is 83.6 cm³/mol. The Balaban J connectivity index is 1.83. The SMILES string of the molecule is CC(C)CCC(=O)N1C[C@H]2CCN(C(C)C)CC[C@H]2C1. The zero-order chi connectivity index (χ0) is 14.7. The Morgan fingerprint density at radius 1 is 1.05 bits per heavy atom. The number of rotatable bonds is 4. The normalized spacial score (nSPS) is 28.0. The summed E-state index contributed by atoms with van der Waals surface area (Å²) in [4.78, 5) is 17.0. The molecule has 2 fully saturated rings. The van der Waals surface area contributed by atoms with Gasteiger partial charge in [0.25, 0.3) is 0 Å². The van der Waals surface area contributed by atoms with Gasteiger partial charge in [-0.2, -0.15) is 0 Å². The van der Waals surface area contributed by atoms with E-state index in [1.54, 1.807) is 0 Å². The lowest BCUT2D eigenvalue weighted by atomic mass is 9.92. The van der Waals surface area contributed by atoms with Crippen LogP contribution in [0.4, 0.5) is 0 Å². The number of hydrogen-bond donors (Lipinski definition) is 0. The lowest BCUT2D eigenvalue weighted by Gasteiger charge is -2.25. The molecule has 0 aromatic carbocycles. The van der Waals surface area contributed by atoms with Crippen LogP contribution in [0, 0.1) is 17.8 Å². The van der Waals surface area contributed by atoms with Crippen LogP contribution in [-0.4, -0.2) is 47.9 Å². The van der Waals surface area contributed by atoms with Crippen molar-refractivity contribution in [3.8, 4) is 0 Å². The van der Waals surface area contributed by atoms with E-state index in [0.717, 1.165) is 37.8 Å². The Morgan fingerprint density at radius 3 is 2.05 bits per heavy atom. The highest BCUT2D eigenvalue weighted by Crippen LogP contribution is 2.32. The lowest BCUT2D eigenvalue weighted by molar-refractivity contribution is -0.130. The van der Waals surface area contributed by atoms with Gasteiger partial charge >= 0.3 is 0 Å². The van der Waals surface area contributed by atoms with Crippen molar-refractivity contribution < 1.29 is 4.79 Å². The highest BCUT2D eigenvalue weighted by molar-refractivity contribution is 5.76. The molecule has 2 aliphatic rings. The summed E-state index contributed by atoms with van der Waals surface area (Å²) in [6, 6.07) is 0.664. The van der Waals surface area contributed by atoms with Crippen molar-refractivity contribution in [1.29, 1.82) is 0 Å². The highest BCUT2D eigenvalue weighted by atomic mass is 16.2. The molecule has 0 aromatic rings. The number of hydrogen-bond acceptors (Lipinski definition) is 2. The summed E-state index contributed by atoms with van der Waals surface area (Å²) in [7, 11) is 0. The minimum atomic E-state index is 0.396. The van der Waals surface area contributed by atoms with Crippen molar-refractivity contribution in [2.75, 3.05) is 26.2 Å². The van der Waals surface area contributed by atoms with Crippen molar-refractivity contribution in [3.05, 3.63) is 0 Å². The van der Waals surface area contributed by atoms with Crippen LogP contribution in [0.5, 0.6) is 0 Å². The molecule has 2 rings (SSSR count). The Labute approximate surface area is 124 Å². The molecule has 2 aliphatic heterocycles. The average molecular weight is 280 g/mol. The topological polar surface area (TPSA) is 23.6 Å². The maximum atomic E-state index is 12.3. The molecule has 20 heavy (non-hydrogen) atoms. The minimum absolute atomic E-state index is 0.396. The fraction of sp³-hybridized carbons (Fsp3) is 0.941. The summed E-state index contributed by atoms with van der Waals surface area (Å²) in [5, 5.41) is 0. The highest BCUT2D eigenvalue weighted by Gasteiger charge is 2.36. The smallest absolute Gasteiger partial charge is 0.222 e. The summed E-state index contributed by atoms with van der Waals surface area (Å²) in [6.45, 7) is 13.5. The van der Waals surface area contributed by atoms with Crippen LogP contribution in [0.15, 0.2) is 0 Å². The van der Waals surface area contributed by atoms with E-state index in [0.29, 0.717) is 17.9 Å². The Kier molecular flexibility index (Phi) is 5.48. The number of fused-ring (bicyclic) bond motifs is 1. The second-order valence-electron chi connectivity index (χ2n) is 7.46. The Bertz CT molecular complexity index is 311. The van der Waals surface area contributed by atoms with Crippen molar-refractivity contribution in [2.24, 2.45) is 17.8 Å². The van der Waals surface area contributed by atoms with E-state index in [-0.39, 0.29) is 0 Å². The third kappa shape index (κ3) is 3.97. The molecule has 0 N–H and O–H groups in total. The number of carbonyl (C=O) groups is 1. The molecule has 116 valence electrons. The molecule has 0 spiro atoms. The van der Waals surface area contributed by atoms with Gasteiger partial charge < -0.3 is 9.80 Å². The van der Waals surface area contributed by atoms with Crippen LogP contribution in [0.2, 0.25) is 0 Å². The summed E-state index contributed by atoms with van der Waals surface area (Å²) < 4.78 is 0. The molecule has 0 aliphatic carbocycles. The molecule has 3 heteroatoms. The van der Waals surface area contributed by atoms with Crippen molar-refractivity contribution in [1.82, 2.24) is 9.80 Å². The van der Waals surface area contributed by atoms with Crippen LogP contribution >= 0.6 is 0 Å². The fourth-order valence-corrected chi connectivity index (χ4v) is 3.66. The molecule has 0 saturated carbocycles. The maximum Gasteiger partial charge on any atom is 0.222 e. The number of nitrogens with zero attached hydrogens (tertiary/aromatic N) is 2. The first-order valence-corrected chi connectivity index (χ1v) is 8.49. The molecule has 2 saturated heterocycles. The van der Waals surface area contributed by atoms with Gasteiger partial charge in [-0.25, -0.2) is 0 Å². The van der Waals surface area contributed by atoms with E-state index >= 15 is 0 Å². The van der Waals surface area contributed by atoms with Gasteiger partial charge in [-0.05, 0) is 64.0 Å². The van der Waals surface area contributed by atoms with Gasteiger partial charge in [0.05, 0.1) is 0 Å². The van der Waals surface area contributed by atoms with Crippen LogP contribution in [0.25, 0.3) is 0 Å². The first kappa shape index (κ1) is 15.8. The first-order chi connectivity index (χ1) is 9.47. The first-order valence-electron chi connectivity index (χ1n) is 8.49. The summed E-state index contributed by atoms with van der Waals surface area (Å²) in [5.74, 6) is 2.53. The van der Waals surface area contributed by atoms with Crippen molar-refractivity contribution in [2.45, 2.75) is 59.4 Å². The lowest BCUT2D eigenvalue weighted by Crippen LogP contribution is -2.34. The van der Waals surface area contributed by atoms with E-state index in [9.17, 15) is 4.79 Å². The number of amides is 1. The summed E-state index contributed by atoms with van der Waals surface area (Å²) in [5.41, 5.74) is 0. The van der Waals surface area contributed by atoms with Crippen LogP contribution in [0.1, 0.15) is 53.4 Å². The number of likely N-dealkylation sites (tertiary alicyclic amines) is 2. The van der Waals surface area contributed by atoms with E-state index in [4.69, 9.17) is 0 Å². The summed E-state index contributed by atoms with van der Waals surface area (Å²) >= 11 is 0. The largest absolute Gasteiger partial charge is 0.342 e. The van der Waals surface area contributed by atoms with Gasteiger partial charge in [-0.3, -0.25) is 4.79 Å². The minimum Gasteiger partial charge on any atom is -0.342 e. The summed E-state index contributed by atoms with van der Waals surface area (Å²) in [6.07, 6.45) is 4.33. The van der Waals surface area contributed by atoms with E-state index in [2.05, 4.69) is 37.5 Å². The molecule has 0 bridgehead atoms. The quantitative estimate of drug-likeness (QED) is 0.790. The standard InChI is InChI=1S/C17H32N2O/c1-13(2)5-6-17(20)19-11-15-7-9-18(14(3)4)10-8-16(15)12-19/h13-16H,5-12H2,1-4H3/t15-,16+. The fourth-order valence-electron chi connectivity index (χ4n) is 3.66. The van der Waals surface area contributed by atoms with Crippen LogP contribution < -0.4 is 0 Å². The zero-order valence-corrected chi connectivity index (χ0v) is 13.8. The van der Waals surface area contributed by atoms with Crippen molar-refractivity contribution >= 4 is 5.91 Å². The van der Waals surface area contributed by atoms with Gasteiger partial charge in [0, 0.05) is 25.6 Å². The van der Waals surface area contributed by atoms with Gasteiger partial charge in [0.15, 0.2) is 0 Å². The molecule has 3 nitrogen and oxygen atoms in total. The van der Waals surface area contributed by atoms with Crippen LogP contribution in [-0.2, 0) is 4.79 Å². The third-order valence-electron chi connectivity index (χ3n) is 5.17. The molecule has 1 amide bonds. The molecule has 0 radical (unpaired) electrons. The Morgan fingerprint density at radius 2 is 1.60 bits per heavy atom. The molecule has 2 atom stereocenters. The number of carbonyl (C=O) groups excluding carboxylic acids is 1. The molecule has 0 aromatic heterocycles. The van der Waals surface area contributed by atoms with E-state index < -0.39 is 0 Å². The third-order valence-corrected chi connectivity index (χ3v) is 5.17. The van der Waals surface area contributed by atoms with Crippen LogP contribution in [0.3, 0.4) is 0 Å². The second-order valence-corrected chi connectivity index (χ2v) is 7.46. The average Bonchev–Trinajstić information content (AvgIpc) is 2.69. The van der Waals surface area contributed by atoms with Gasteiger partial charge in [-0.1, -0.05) is 13.8 Å². The van der Waals surface area contributed by atoms with Gasteiger partial charge in [-0.15, -0.1) is 0 Å². The van der Waals surface area contributed by atoms with Gasteiger partial charge in [0.1, 0.15) is 0 Å². The molecular weight excluding hydrogens is 248 g/mol. The van der Waals surface area contributed by atoms with E-state index in [1.807, 2.05) is 0 Å². The second kappa shape index (κ2) is 6.93.